The van der Waals surface area contributed by atoms with Gasteiger partial charge in [0.15, 0.2) is 0 Å². The fraction of sp³-hybridized carbons (Fsp3) is 0. The van der Waals surface area contributed by atoms with Gasteiger partial charge in [-0.15, -0.1) is 0 Å². The molecule has 2 rings (SSSR count). The fourth-order valence-corrected chi connectivity index (χ4v) is 2.25. The first-order valence-electron chi connectivity index (χ1n) is 4.77. The predicted molar refractivity (Wildman–Crippen MR) is 62.6 cm³/mol. The van der Waals surface area contributed by atoms with Crippen LogP contribution in [0.5, 0.6) is 5.75 Å². The van der Waals surface area contributed by atoms with Gasteiger partial charge in [-0.3, -0.25) is 0 Å². The zero-order valence-electron chi connectivity index (χ0n) is 8.50. The Hall–Kier alpha value is -1.81. The van der Waals surface area contributed by atoms with E-state index in [9.17, 15) is 4.21 Å². The van der Waals surface area contributed by atoms with Crippen LogP contribution < -0.4 is 4.18 Å². The molecule has 1 N–H and O–H groups in total. The molecule has 0 amide bonds. The van der Waals surface area contributed by atoms with Gasteiger partial charge < -0.3 is 4.18 Å². The summed E-state index contributed by atoms with van der Waals surface area (Å²) in [7, 11) is -3.21. The molecule has 0 heterocycles. The largest absolute Gasteiger partial charge is 0.393 e. The van der Waals surface area contributed by atoms with Crippen molar-refractivity contribution >= 4 is 10.0 Å². The summed E-state index contributed by atoms with van der Waals surface area (Å²) in [6, 6.07) is 17.3. The second-order valence-electron chi connectivity index (χ2n) is 3.21. The molecule has 0 saturated carbocycles. The normalized spacial score (nSPS) is 14.0. The third-order valence-corrected chi connectivity index (χ3v) is 3.33. The second kappa shape index (κ2) is 4.37. The van der Waals surface area contributed by atoms with E-state index in [2.05, 4.69) is 0 Å². The number of rotatable bonds is 3. The second-order valence-corrected chi connectivity index (χ2v) is 4.86. The summed E-state index contributed by atoms with van der Waals surface area (Å²) in [6.07, 6.45) is 0. The SMILES string of the molecule is N=S(=O)(Oc1ccccc1)c1ccccc1. The zero-order valence-corrected chi connectivity index (χ0v) is 9.31. The van der Waals surface area contributed by atoms with Gasteiger partial charge >= 0.3 is 0 Å². The van der Waals surface area contributed by atoms with E-state index in [1.54, 1.807) is 48.5 Å². The summed E-state index contributed by atoms with van der Waals surface area (Å²) in [6.45, 7) is 0. The van der Waals surface area contributed by atoms with Crippen LogP contribution >= 0.6 is 0 Å². The highest BCUT2D eigenvalue weighted by Gasteiger charge is 2.10. The Morgan fingerprint density at radius 1 is 0.875 bits per heavy atom. The smallest absolute Gasteiger partial charge is 0.233 e. The molecule has 82 valence electrons. The molecule has 0 aromatic heterocycles. The lowest BCUT2D eigenvalue weighted by atomic mass is 10.3. The minimum absolute atomic E-state index is 0.374. The molecule has 0 spiro atoms. The van der Waals surface area contributed by atoms with Gasteiger partial charge in [-0.2, -0.15) is 0 Å². The Morgan fingerprint density at radius 2 is 1.38 bits per heavy atom. The average molecular weight is 233 g/mol. The van der Waals surface area contributed by atoms with Crippen molar-refractivity contribution in [2.24, 2.45) is 0 Å². The first-order chi connectivity index (χ1) is 7.68. The zero-order chi connectivity index (χ0) is 11.4. The molecular weight excluding hydrogens is 222 g/mol. The summed E-state index contributed by atoms with van der Waals surface area (Å²) in [4.78, 5) is 0.374. The van der Waals surface area contributed by atoms with E-state index in [1.165, 1.54) is 0 Å². The molecule has 0 bridgehead atoms. The highest BCUT2D eigenvalue weighted by atomic mass is 32.2. The van der Waals surface area contributed by atoms with E-state index in [4.69, 9.17) is 8.96 Å². The molecule has 1 atom stereocenters. The van der Waals surface area contributed by atoms with Crippen molar-refractivity contribution in [2.45, 2.75) is 4.90 Å². The van der Waals surface area contributed by atoms with Crippen LogP contribution in [-0.4, -0.2) is 4.21 Å². The number of para-hydroxylation sites is 1. The highest BCUT2D eigenvalue weighted by molar-refractivity contribution is 7.88. The number of benzene rings is 2. The van der Waals surface area contributed by atoms with Crippen LogP contribution in [0.25, 0.3) is 0 Å². The van der Waals surface area contributed by atoms with Crippen LogP contribution in [0.4, 0.5) is 0 Å². The molecule has 0 fully saturated rings. The van der Waals surface area contributed by atoms with Gasteiger partial charge in [0.2, 0.25) is 10.0 Å². The van der Waals surface area contributed by atoms with E-state index in [1.807, 2.05) is 12.1 Å². The molecule has 1 unspecified atom stereocenters. The summed E-state index contributed by atoms with van der Waals surface area (Å²) < 4.78 is 24.9. The maximum atomic E-state index is 12.0. The number of hydrogen-bond donors (Lipinski definition) is 1. The van der Waals surface area contributed by atoms with E-state index in [0.29, 0.717) is 10.6 Å². The van der Waals surface area contributed by atoms with Gasteiger partial charge in [0, 0.05) is 0 Å². The van der Waals surface area contributed by atoms with Gasteiger partial charge in [-0.05, 0) is 24.3 Å². The molecule has 0 aliphatic rings. The van der Waals surface area contributed by atoms with Gasteiger partial charge in [-0.1, -0.05) is 36.4 Å². The molecule has 0 aliphatic carbocycles. The van der Waals surface area contributed by atoms with Crippen LogP contribution in [0.3, 0.4) is 0 Å². The van der Waals surface area contributed by atoms with Crippen molar-refractivity contribution in [2.75, 3.05) is 0 Å². The maximum Gasteiger partial charge on any atom is 0.233 e. The van der Waals surface area contributed by atoms with E-state index in [-0.39, 0.29) is 0 Å². The highest BCUT2D eigenvalue weighted by Crippen LogP contribution is 2.17. The molecule has 0 radical (unpaired) electrons. The lowest BCUT2D eigenvalue weighted by Crippen LogP contribution is -2.07. The lowest BCUT2D eigenvalue weighted by molar-refractivity contribution is 0.547. The predicted octanol–water partition coefficient (Wildman–Crippen LogP) is 3.09. The van der Waals surface area contributed by atoms with Crippen molar-refractivity contribution in [3.8, 4) is 5.75 Å². The molecule has 2 aromatic rings. The Labute approximate surface area is 94.9 Å². The summed E-state index contributed by atoms with van der Waals surface area (Å²) >= 11 is 0. The Bertz CT molecular complexity index is 550. The van der Waals surface area contributed by atoms with Crippen molar-refractivity contribution in [3.05, 3.63) is 60.7 Å². The van der Waals surface area contributed by atoms with Crippen LogP contribution in [0.15, 0.2) is 65.6 Å². The lowest BCUT2D eigenvalue weighted by Gasteiger charge is -2.09. The molecule has 4 heteroatoms. The van der Waals surface area contributed by atoms with Crippen molar-refractivity contribution in [3.63, 3.8) is 0 Å². The van der Waals surface area contributed by atoms with Crippen molar-refractivity contribution in [1.82, 2.24) is 0 Å². The quantitative estimate of drug-likeness (QED) is 0.885. The average Bonchev–Trinajstić information content (AvgIpc) is 2.31. The minimum atomic E-state index is -3.21. The van der Waals surface area contributed by atoms with Gasteiger partial charge in [-0.25, -0.2) is 8.99 Å². The van der Waals surface area contributed by atoms with Crippen molar-refractivity contribution in [1.29, 1.82) is 4.78 Å². The van der Waals surface area contributed by atoms with E-state index < -0.39 is 10.0 Å². The fourth-order valence-electron chi connectivity index (χ4n) is 1.26. The Balaban J connectivity index is 2.29. The van der Waals surface area contributed by atoms with E-state index >= 15 is 0 Å². The van der Waals surface area contributed by atoms with Gasteiger partial charge in [0.1, 0.15) is 5.75 Å². The van der Waals surface area contributed by atoms with Crippen LogP contribution in [0.2, 0.25) is 0 Å². The van der Waals surface area contributed by atoms with E-state index in [0.717, 1.165) is 0 Å². The van der Waals surface area contributed by atoms with Crippen LogP contribution in [-0.2, 0) is 10.0 Å². The Morgan fingerprint density at radius 3 is 1.94 bits per heavy atom. The molecular formula is C12H11NO2S. The number of hydrogen-bond acceptors (Lipinski definition) is 3. The topological polar surface area (TPSA) is 50.2 Å². The molecule has 3 nitrogen and oxygen atoms in total. The first-order valence-corrected chi connectivity index (χ1v) is 6.25. The summed E-state index contributed by atoms with van der Waals surface area (Å²) in [5.74, 6) is 0.436. The van der Waals surface area contributed by atoms with Crippen molar-refractivity contribution < 1.29 is 8.39 Å². The molecule has 2 aromatic carbocycles. The first kappa shape index (κ1) is 10.7. The summed E-state index contributed by atoms with van der Waals surface area (Å²) in [5.41, 5.74) is 0. The van der Waals surface area contributed by atoms with Gasteiger partial charge in [0.05, 0.1) is 4.90 Å². The third-order valence-electron chi connectivity index (χ3n) is 2.01. The Kier molecular flexibility index (Phi) is 2.92. The molecule has 0 aliphatic heterocycles. The molecule has 0 saturated heterocycles. The summed E-state index contributed by atoms with van der Waals surface area (Å²) in [5, 5.41) is 0. The minimum Gasteiger partial charge on any atom is -0.393 e. The maximum absolute atomic E-state index is 12.0. The van der Waals surface area contributed by atoms with Crippen LogP contribution in [0, 0.1) is 4.78 Å². The van der Waals surface area contributed by atoms with Crippen LogP contribution in [0.1, 0.15) is 0 Å². The monoisotopic (exact) mass is 233 g/mol. The standard InChI is InChI=1S/C12H11NO2S/c13-16(14,12-9-5-2-6-10-12)15-11-7-3-1-4-8-11/h1-10,13H. The number of nitrogens with one attached hydrogen (secondary N) is 1. The molecule has 16 heavy (non-hydrogen) atoms. The third kappa shape index (κ3) is 2.41. The van der Waals surface area contributed by atoms with Gasteiger partial charge in [0.25, 0.3) is 0 Å².